The molecule has 70 valence electrons. The van der Waals surface area contributed by atoms with Crippen LogP contribution in [0.15, 0.2) is 18.2 Å². The van der Waals surface area contributed by atoms with E-state index in [1.165, 1.54) is 31.2 Å². The molecular weight excluding hydrogens is 158 g/mol. The monoisotopic (exact) mass is 176 g/mol. The Hall–Kier alpha value is -0.820. The van der Waals surface area contributed by atoms with E-state index in [9.17, 15) is 0 Å². The number of fused-ring (bicyclic) bond motifs is 1. The molecule has 0 unspecified atom stereocenters. The summed E-state index contributed by atoms with van der Waals surface area (Å²) in [7, 11) is 0. The standard InChI is InChI=1S/C12H17N/c1-9(13)11-7-6-10-4-2-3-5-12(10)8-11/h6-9H,2-5,13H2,1H3/p+1/t9-/m1/s1. The number of rotatable bonds is 1. The maximum Gasteiger partial charge on any atom is 0.107 e. The van der Waals surface area contributed by atoms with Crippen molar-refractivity contribution in [1.29, 1.82) is 0 Å². The quantitative estimate of drug-likeness (QED) is 0.676. The summed E-state index contributed by atoms with van der Waals surface area (Å²) in [5, 5.41) is 0. The molecule has 2 rings (SSSR count). The largest absolute Gasteiger partial charge is 0.352 e. The molecule has 0 saturated carbocycles. The first-order valence-electron chi connectivity index (χ1n) is 5.22. The van der Waals surface area contributed by atoms with Crippen molar-refractivity contribution in [2.24, 2.45) is 0 Å². The second kappa shape index (κ2) is 3.51. The summed E-state index contributed by atoms with van der Waals surface area (Å²) in [5.41, 5.74) is 8.58. The van der Waals surface area contributed by atoms with Crippen LogP contribution in [0.5, 0.6) is 0 Å². The molecule has 1 aromatic rings. The van der Waals surface area contributed by atoms with E-state index in [-0.39, 0.29) is 0 Å². The Morgan fingerprint density at radius 3 is 2.54 bits per heavy atom. The average molecular weight is 176 g/mol. The summed E-state index contributed by atoms with van der Waals surface area (Å²) in [4.78, 5) is 0. The highest BCUT2D eigenvalue weighted by Crippen LogP contribution is 2.23. The van der Waals surface area contributed by atoms with Crippen LogP contribution in [0.3, 0.4) is 0 Å². The van der Waals surface area contributed by atoms with Gasteiger partial charge in [0.25, 0.3) is 0 Å². The van der Waals surface area contributed by atoms with Gasteiger partial charge in [-0.3, -0.25) is 0 Å². The average Bonchev–Trinajstić information content (AvgIpc) is 2.17. The van der Waals surface area contributed by atoms with Crippen LogP contribution in [0.25, 0.3) is 0 Å². The van der Waals surface area contributed by atoms with Gasteiger partial charge in [0.05, 0.1) is 0 Å². The number of hydrogen-bond acceptors (Lipinski definition) is 0. The molecule has 1 nitrogen and oxygen atoms in total. The number of benzene rings is 1. The molecule has 1 heteroatoms. The first-order chi connectivity index (χ1) is 6.27. The molecule has 1 aromatic carbocycles. The molecule has 0 amide bonds. The van der Waals surface area contributed by atoms with Crippen LogP contribution < -0.4 is 5.73 Å². The predicted octanol–water partition coefficient (Wildman–Crippen LogP) is 1.87. The molecule has 0 bridgehead atoms. The van der Waals surface area contributed by atoms with Crippen LogP contribution in [0, 0.1) is 0 Å². The summed E-state index contributed by atoms with van der Waals surface area (Å²) in [5.74, 6) is 0. The highest BCUT2D eigenvalue weighted by molar-refractivity contribution is 5.34. The van der Waals surface area contributed by atoms with Gasteiger partial charge in [-0.25, -0.2) is 0 Å². The molecule has 0 heterocycles. The van der Waals surface area contributed by atoms with Crippen molar-refractivity contribution in [1.82, 2.24) is 0 Å². The van der Waals surface area contributed by atoms with E-state index in [1.54, 1.807) is 11.1 Å². The Morgan fingerprint density at radius 1 is 1.15 bits per heavy atom. The predicted molar refractivity (Wildman–Crippen MR) is 54.4 cm³/mol. The van der Waals surface area contributed by atoms with E-state index in [4.69, 9.17) is 0 Å². The van der Waals surface area contributed by atoms with Gasteiger partial charge in [-0.1, -0.05) is 12.1 Å². The third-order valence-electron chi connectivity index (χ3n) is 2.94. The van der Waals surface area contributed by atoms with Crippen LogP contribution in [-0.2, 0) is 12.8 Å². The first kappa shape index (κ1) is 8.76. The van der Waals surface area contributed by atoms with Gasteiger partial charge in [0.2, 0.25) is 0 Å². The molecule has 13 heavy (non-hydrogen) atoms. The van der Waals surface area contributed by atoms with E-state index >= 15 is 0 Å². The zero-order chi connectivity index (χ0) is 9.26. The third-order valence-corrected chi connectivity index (χ3v) is 2.94. The Labute approximate surface area is 80.0 Å². The molecule has 1 aliphatic carbocycles. The van der Waals surface area contributed by atoms with Gasteiger partial charge in [0.15, 0.2) is 0 Å². The van der Waals surface area contributed by atoms with Gasteiger partial charge in [-0.2, -0.15) is 0 Å². The summed E-state index contributed by atoms with van der Waals surface area (Å²) < 4.78 is 0. The van der Waals surface area contributed by atoms with E-state index < -0.39 is 0 Å². The van der Waals surface area contributed by atoms with Crippen molar-refractivity contribution in [3.63, 3.8) is 0 Å². The maximum absolute atomic E-state index is 4.06. The van der Waals surface area contributed by atoms with Crippen molar-refractivity contribution in [2.75, 3.05) is 0 Å². The molecule has 0 saturated heterocycles. The van der Waals surface area contributed by atoms with Gasteiger partial charge >= 0.3 is 0 Å². The highest BCUT2D eigenvalue weighted by atomic mass is 14.6. The van der Waals surface area contributed by atoms with E-state index in [0.29, 0.717) is 6.04 Å². The lowest BCUT2D eigenvalue weighted by Crippen LogP contribution is -2.51. The molecule has 0 aromatic heterocycles. The van der Waals surface area contributed by atoms with Crippen molar-refractivity contribution < 1.29 is 5.73 Å². The second-order valence-electron chi connectivity index (χ2n) is 4.14. The van der Waals surface area contributed by atoms with Crippen molar-refractivity contribution in [2.45, 2.75) is 38.6 Å². The Balaban J connectivity index is 2.35. The number of aryl methyl sites for hydroxylation is 2. The Morgan fingerprint density at radius 2 is 1.85 bits per heavy atom. The van der Waals surface area contributed by atoms with E-state index in [1.807, 2.05) is 0 Å². The lowest BCUT2D eigenvalue weighted by molar-refractivity contribution is -0.420. The molecule has 3 N–H and O–H groups in total. The molecule has 1 atom stereocenters. The van der Waals surface area contributed by atoms with Crippen LogP contribution in [0.1, 0.15) is 42.5 Å². The van der Waals surface area contributed by atoms with Crippen LogP contribution in [0.2, 0.25) is 0 Å². The van der Waals surface area contributed by atoms with Crippen molar-refractivity contribution >= 4 is 0 Å². The Bertz CT molecular complexity index is 302. The van der Waals surface area contributed by atoms with Crippen LogP contribution >= 0.6 is 0 Å². The SMILES string of the molecule is C[C@@H]([NH3+])c1ccc2c(c1)CCCC2. The molecule has 0 radical (unpaired) electrons. The molecular formula is C12H18N+. The summed E-state index contributed by atoms with van der Waals surface area (Å²) in [6.07, 6.45) is 5.28. The molecule has 0 spiro atoms. The lowest BCUT2D eigenvalue weighted by atomic mass is 9.89. The Kier molecular flexibility index (Phi) is 2.36. The van der Waals surface area contributed by atoms with Crippen molar-refractivity contribution in [3.8, 4) is 0 Å². The fraction of sp³-hybridized carbons (Fsp3) is 0.500. The molecule has 0 aliphatic heterocycles. The van der Waals surface area contributed by atoms with Gasteiger partial charge < -0.3 is 5.73 Å². The van der Waals surface area contributed by atoms with Gasteiger partial charge in [-0.15, -0.1) is 0 Å². The minimum Gasteiger partial charge on any atom is -0.352 e. The second-order valence-corrected chi connectivity index (χ2v) is 4.14. The summed E-state index contributed by atoms with van der Waals surface area (Å²) >= 11 is 0. The first-order valence-corrected chi connectivity index (χ1v) is 5.22. The van der Waals surface area contributed by atoms with E-state index in [0.717, 1.165) is 0 Å². The third kappa shape index (κ3) is 1.75. The minimum absolute atomic E-state index is 0.423. The fourth-order valence-electron chi connectivity index (χ4n) is 2.06. The zero-order valence-corrected chi connectivity index (χ0v) is 8.34. The maximum atomic E-state index is 4.06. The summed E-state index contributed by atoms with van der Waals surface area (Å²) in [6, 6.07) is 7.31. The number of hydrogen-bond donors (Lipinski definition) is 1. The molecule has 1 aliphatic rings. The van der Waals surface area contributed by atoms with E-state index in [2.05, 4.69) is 30.9 Å². The normalized spacial score (nSPS) is 18.0. The fourth-order valence-corrected chi connectivity index (χ4v) is 2.06. The molecule has 0 fully saturated rings. The van der Waals surface area contributed by atoms with Gasteiger partial charge in [0, 0.05) is 5.56 Å². The topological polar surface area (TPSA) is 27.6 Å². The van der Waals surface area contributed by atoms with Gasteiger partial charge in [-0.05, 0) is 49.8 Å². The summed E-state index contributed by atoms with van der Waals surface area (Å²) in [6.45, 7) is 2.16. The van der Waals surface area contributed by atoms with Crippen LogP contribution in [-0.4, -0.2) is 0 Å². The van der Waals surface area contributed by atoms with Gasteiger partial charge in [0.1, 0.15) is 6.04 Å². The minimum atomic E-state index is 0.423. The van der Waals surface area contributed by atoms with Crippen LogP contribution in [0.4, 0.5) is 0 Å². The smallest absolute Gasteiger partial charge is 0.107 e. The highest BCUT2D eigenvalue weighted by Gasteiger charge is 2.11. The lowest BCUT2D eigenvalue weighted by Gasteiger charge is -2.16. The zero-order valence-electron chi connectivity index (χ0n) is 8.34. The number of quaternary nitrogens is 1. The van der Waals surface area contributed by atoms with Crippen molar-refractivity contribution in [3.05, 3.63) is 34.9 Å².